The van der Waals surface area contributed by atoms with Gasteiger partial charge in [0.05, 0.1) is 12.7 Å². The Kier molecular flexibility index (Phi) is 6.34. The van der Waals surface area contributed by atoms with Crippen LogP contribution in [0.4, 0.5) is 0 Å². The molecule has 1 unspecified atom stereocenters. The quantitative estimate of drug-likeness (QED) is 0.645. The molecule has 2 rings (SSSR count). The third-order valence-corrected chi connectivity index (χ3v) is 4.08. The van der Waals surface area contributed by atoms with Crippen molar-refractivity contribution in [2.75, 3.05) is 13.2 Å². The summed E-state index contributed by atoms with van der Waals surface area (Å²) in [6.07, 6.45) is 6.51. The average Bonchev–Trinajstić information content (AvgIpc) is 2.52. The van der Waals surface area contributed by atoms with Crippen LogP contribution in [0.1, 0.15) is 43.0 Å². The first-order valence-corrected chi connectivity index (χ1v) is 7.79. The van der Waals surface area contributed by atoms with Crippen molar-refractivity contribution in [3.05, 3.63) is 35.9 Å². The largest absolute Gasteiger partial charge is 0.376 e. The van der Waals surface area contributed by atoms with E-state index in [9.17, 15) is 4.79 Å². The zero-order valence-corrected chi connectivity index (χ0v) is 12.4. The van der Waals surface area contributed by atoms with Crippen LogP contribution in [0.3, 0.4) is 0 Å². The van der Waals surface area contributed by atoms with E-state index >= 15 is 0 Å². The molecule has 0 radical (unpaired) electrons. The van der Waals surface area contributed by atoms with E-state index in [2.05, 4.69) is 5.32 Å². The lowest BCUT2D eigenvalue weighted by Gasteiger charge is -2.22. The molecule has 0 spiro atoms. The van der Waals surface area contributed by atoms with Crippen molar-refractivity contribution in [2.24, 2.45) is 0 Å². The van der Waals surface area contributed by atoms with Gasteiger partial charge in [0.15, 0.2) is 0 Å². The van der Waals surface area contributed by atoms with Crippen molar-refractivity contribution in [3.8, 4) is 0 Å². The maximum atomic E-state index is 11.9. The number of ether oxygens (including phenoxy) is 1. The van der Waals surface area contributed by atoms with E-state index in [4.69, 9.17) is 16.3 Å². The van der Waals surface area contributed by atoms with Gasteiger partial charge in [-0.1, -0.05) is 49.6 Å². The van der Waals surface area contributed by atoms with Gasteiger partial charge in [0, 0.05) is 6.54 Å². The van der Waals surface area contributed by atoms with Crippen LogP contribution in [0.25, 0.3) is 0 Å². The molecule has 1 atom stereocenters. The molecular formula is C16H22ClNO2. The minimum absolute atomic E-state index is 0.162. The molecule has 1 N–H and O–H groups in total. The van der Waals surface area contributed by atoms with Crippen LogP contribution in [0.2, 0.25) is 0 Å². The molecular weight excluding hydrogens is 274 g/mol. The van der Waals surface area contributed by atoms with Gasteiger partial charge in [0.25, 0.3) is 0 Å². The molecule has 1 aromatic carbocycles. The zero-order chi connectivity index (χ0) is 14.2. The number of carbonyl (C=O) groups is 1. The van der Waals surface area contributed by atoms with Crippen molar-refractivity contribution in [1.82, 2.24) is 5.32 Å². The topological polar surface area (TPSA) is 38.3 Å². The van der Waals surface area contributed by atoms with Gasteiger partial charge in [-0.2, -0.15) is 0 Å². The molecule has 20 heavy (non-hydrogen) atoms. The summed E-state index contributed by atoms with van der Waals surface area (Å²) >= 11 is 6.13. The van der Waals surface area contributed by atoms with Gasteiger partial charge in [0.2, 0.25) is 5.91 Å². The first kappa shape index (κ1) is 15.3. The molecule has 1 fully saturated rings. The summed E-state index contributed by atoms with van der Waals surface area (Å²) in [6.45, 7) is 1.08. The monoisotopic (exact) mass is 295 g/mol. The summed E-state index contributed by atoms with van der Waals surface area (Å²) in [5.74, 6) is -0.162. The maximum absolute atomic E-state index is 11.9. The van der Waals surface area contributed by atoms with E-state index in [0.717, 1.165) is 18.4 Å². The second-order valence-corrected chi connectivity index (χ2v) is 5.63. The van der Waals surface area contributed by atoms with Crippen LogP contribution in [0.15, 0.2) is 30.3 Å². The Bertz CT molecular complexity index is 404. The summed E-state index contributed by atoms with van der Waals surface area (Å²) in [5.41, 5.74) is 0.819. The van der Waals surface area contributed by atoms with Crippen LogP contribution >= 0.6 is 11.6 Å². The van der Waals surface area contributed by atoms with Crippen LogP contribution in [0.5, 0.6) is 0 Å². The molecule has 110 valence electrons. The summed E-state index contributed by atoms with van der Waals surface area (Å²) in [5, 5.41) is 2.19. The van der Waals surface area contributed by atoms with E-state index in [1.807, 2.05) is 30.3 Å². The Hall–Kier alpha value is -1.06. The Morgan fingerprint density at radius 2 is 1.95 bits per heavy atom. The highest BCUT2D eigenvalue weighted by Gasteiger charge is 2.17. The molecule has 1 aliphatic carbocycles. The number of nitrogens with one attached hydrogen (secondary N) is 1. The number of hydrogen-bond donors (Lipinski definition) is 1. The van der Waals surface area contributed by atoms with Gasteiger partial charge < -0.3 is 10.1 Å². The maximum Gasteiger partial charge on any atom is 0.242 e. The average molecular weight is 296 g/mol. The number of amides is 1. The first-order valence-electron chi connectivity index (χ1n) is 7.35. The van der Waals surface area contributed by atoms with Gasteiger partial charge in [-0.15, -0.1) is 11.6 Å². The fourth-order valence-corrected chi connectivity index (χ4v) is 2.72. The minimum Gasteiger partial charge on any atom is -0.376 e. The highest BCUT2D eigenvalue weighted by molar-refractivity contribution is 6.30. The summed E-state index contributed by atoms with van der Waals surface area (Å²) in [6, 6.07) is 9.38. The number of alkyl halides is 1. The molecule has 0 bridgehead atoms. The highest BCUT2D eigenvalue weighted by atomic mass is 35.5. The van der Waals surface area contributed by atoms with Gasteiger partial charge in [-0.05, 0) is 18.4 Å². The summed E-state index contributed by atoms with van der Waals surface area (Å²) in [4.78, 5) is 11.9. The lowest BCUT2D eigenvalue weighted by molar-refractivity contribution is -0.121. The van der Waals surface area contributed by atoms with Crippen molar-refractivity contribution < 1.29 is 9.53 Å². The molecule has 0 aliphatic heterocycles. The number of rotatable bonds is 6. The predicted molar refractivity (Wildman–Crippen MR) is 80.9 cm³/mol. The van der Waals surface area contributed by atoms with Gasteiger partial charge >= 0.3 is 0 Å². The Labute approximate surface area is 125 Å². The van der Waals surface area contributed by atoms with Gasteiger partial charge in [-0.25, -0.2) is 0 Å². The Morgan fingerprint density at radius 3 is 2.65 bits per heavy atom. The summed E-state index contributed by atoms with van der Waals surface area (Å²) < 4.78 is 5.76. The van der Waals surface area contributed by atoms with E-state index in [1.54, 1.807) is 0 Å². The lowest BCUT2D eigenvalue weighted by Crippen LogP contribution is -2.31. The molecule has 4 heteroatoms. The molecule has 1 aromatic rings. The first-order chi connectivity index (χ1) is 9.77. The van der Waals surface area contributed by atoms with Crippen LogP contribution in [0, 0.1) is 0 Å². The van der Waals surface area contributed by atoms with Crippen molar-refractivity contribution in [1.29, 1.82) is 0 Å². The molecule has 3 nitrogen and oxygen atoms in total. The lowest BCUT2D eigenvalue weighted by atomic mass is 9.98. The SMILES string of the molecule is O=C(NCCOC1CCCCC1)C(Cl)c1ccccc1. The number of benzene rings is 1. The molecule has 0 saturated heterocycles. The minimum atomic E-state index is -0.633. The van der Waals surface area contributed by atoms with Gasteiger partial charge in [0.1, 0.15) is 5.38 Å². The fraction of sp³-hybridized carbons (Fsp3) is 0.562. The zero-order valence-electron chi connectivity index (χ0n) is 11.7. The number of hydrogen-bond acceptors (Lipinski definition) is 2. The smallest absolute Gasteiger partial charge is 0.242 e. The third kappa shape index (κ3) is 4.80. The molecule has 1 aliphatic rings. The Morgan fingerprint density at radius 1 is 1.25 bits per heavy atom. The fourth-order valence-electron chi connectivity index (χ4n) is 2.49. The van der Waals surface area contributed by atoms with Crippen LogP contribution in [-0.4, -0.2) is 25.2 Å². The Balaban J connectivity index is 1.64. The van der Waals surface area contributed by atoms with E-state index < -0.39 is 5.38 Å². The van der Waals surface area contributed by atoms with Gasteiger partial charge in [-0.3, -0.25) is 4.79 Å². The van der Waals surface area contributed by atoms with Crippen molar-refractivity contribution in [3.63, 3.8) is 0 Å². The number of halogens is 1. The van der Waals surface area contributed by atoms with Crippen molar-refractivity contribution >= 4 is 17.5 Å². The van der Waals surface area contributed by atoms with E-state index in [-0.39, 0.29) is 5.91 Å². The standard InChI is InChI=1S/C16H22ClNO2/c17-15(13-7-3-1-4-8-13)16(19)18-11-12-20-14-9-5-2-6-10-14/h1,3-4,7-8,14-15H,2,5-6,9-12H2,(H,18,19). The van der Waals surface area contributed by atoms with E-state index in [1.165, 1.54) is 19.3 Å². The van der Waals surface area contributed by atoms with Crippen LogP contribution < -0.4 is 5.32 Å². The molecule has 0 aromatic heterocycles. The highest BCUT2D eigenvalue weighted by Crippen LogP contribution is 2.21. The number of carbonyl (C=O) groups excluding carboxylic acids is 1. The second kappa shape index (κ2) is 8.28. The van der Waals surface area contributed by atoms with Crippen molar-refractivity contribution in [2.45, 2.75) is 43.6 Å². The molecule has 0 heterocycles. The molecule has 1 amide bonds. The predicted octanol–water partition coefficient (Wildman–Crippen LogP) is 3.43. The van der Waals surface area contributed by atoms with Crippen LogP contribution in [-0.2, 0) is 9.53 Å². The third-order valence-electron chi connectivity index (χ3n) is 3.63. The summed E-state index contributed by atoms with van der Waals surface area (Å²) in [7, 11) is 0. The molecule has 1 saturated carbocycles. The normalized spacial score (nSPS) is 17.6. The van der Waals surface area contributed by atoms with E-state index in [0.29, 0.717) is 19.3 Å². The second-order valence-electron chi connectivity index (χ2n) is 5.20.